The summed E-state index contributed by atoms with van der Waals surface area (Å²) in [4.78, 5) is 17.5. The molecule has 1 aromatic carbocycles. The van der Waals surface area contributed by atoms with Gasteiger partial charge in [0.15, 0.2) is 5.16 Å². The number of amides is 1. The van der Waals surface area contributed by atoms with Crippen LogP contribution in [-0.4, -0.2) is 61.9 Å². The topological polar surface area (TPSA) is 54.3 Å². The molecule has 1 amide bonds. The predicted octanol–water partition coefficient (Wildman–Crippen LogP) is 3.66. The van der Waals surface area contributed by atoms with Crippen molar-refractivity contribution < 1.29 is 4.79 Å². The van der Waals surface area contributed by atoms with E-state index in [0.717, 1.165) is 69.0 Å². The Kier molecular flexibility index (Phi) is 7.10. The third-order valence-electron chi connectivity index (χ3n) is 6.27. The Morgan fingerprint density at radius 2 is 1.77 bits per heavy atom. The van der Waals surface area contributed by atoms with Gasteiger partial charge in [-0.25, -0.2) is 0 Å². The van der Waals surface area contributed by atoms with Crippen LogP contribution in [0.1, 0.15) is 50.9 Å². The molecule has 3 heterocycles. The largest absolute Gasteiger partial charge is 0.342 e. The molecule has 1 atom stereocenters. The fourth-order valence-corrected chi connectivity index (χ4v) is 5.23. The highest BCUT2D eigenvalue weighted by Crippen LogP contribution is 2.27. The molecule has 0 N–H and O–H groups in total. The highest BCUT2D eigenvalue weighted by molar-refractivity contribution is 8.00. The molecular formula is C23H33N5OS. The summed E-state index contributed by atoms with van der Waals surface area (Å²) in [5.41, 5.74) is 1.23. The molecule has 30 heavy (non-hydrogen) atoms. The molecule has 6 nitrogen and oxygen atoms in total. The van der Waals surface area contributed by atoms with Gasteiger partial charge in [-0.3, -0.25) is 9.69 Å². The first-order valence-corrected chi connectivity index (χ1v) is 12.1. The lowest BCUT2D eigenvalue weighted by atomic mass is 9.99. The van der Waals surface area contributed by atoms with Crippen molar-refractivity contribution in [3.8, 4) is 0 Å². The molecule has 4 rings (SSSR count). The summed E-state index contributed by atoms with van der Waals surface area (Å²) in [6.45, 7) is 9.85. The molecule has 0 aliphatic carbocycles. The number of likely N-dealkylation sites (tertiary alicyclic amines) is 2. The summed E-state index contributed by atoms with van der Waals surface area (Å²) in [5, 5.41) is 9.74. The Hall–Kier alpha value is -1.86. The zero-order valence-electron chi connectivity index (χ0n) is 18.2. The minimum Gasteiger partial charge on any atom is -0.342 e. The van der Waals surface area contributed by atoms with Gasteiger partial charge in [0.2, 0.25) is 5.91 Å². The number of benzene rings is 1. The Morgan fingerprint density at radius 1 is 1.07 bits per heavy atom. The first kappa shape index (κ1) is 21.4. The summed E-state index contributed by atoms with van der Waals surface area (Å²) in [6, 6.07) is 10.4. The summed E-state index contributed by atoms with van der Waals surface area (Å²) in [6.07, 6.45) is 4.73. The molecule has 2 aliphatic heterocycles. The van der Waals surface area contributed by atoms with Gasteiger partial charge in [-0.2, -0.15) is 0 Å². The van der Waals surface area contributed by atoms with E-state index < -0.39 is 0 Å². The van der Waals surface area contributed by atoms with Crippen molar-refractivity contribution in [1.29, 1.82) is 0 Å². The predicted molar refractivity (Wildman–Crippen MR) is 120 cm³/mol. The second kappa shape index (κ2) is 9.96. The van der Waals surface area contributed by atoms with Gasteiger partial charge in [-0.05, 0) is 57.2 Å². The number of hydrogen-bond acceptors (Lipinski definition) is 5. The second-order valence-electron chi connectivity index (χ2n) is 8.72. The highest BCUT2D eigenvalue weighted by Gasteiger charge is 2.27. The van der Waals surface area contributed by atoms with E-state index in [1.54, 1.807) is 11.8 Å². The van der Waals surface area contributed by atoms with Crippen LogP contribution in [0, 0.1) is 5.92 Å². The first-order valence-electron chi connectivity index (χ1n) is 11.2. The molecule has 1 unspecified atom stereocenters. The normalized spacial score (nSPS) is 19.3. The summed E-state index contributed by atoms with van der Waals surface area (Å²) >= 11 is 1.55. The van der Waals surface area contributed by atoms with Crippen LogP contribution in [-0.2, 0) is 17.9 Å². The molecule has 2 fully saturated rings. The van der Waals surface area contributed by atoms with Gasteiger partial charge in [0.05, 0.1) is 18.3 Å². The molecule has 2 saturated heterocycles. The van der Waals surface area contributed by atoms with Gasteiger partial charge in [0.25, 0.3) is 0 Å². The molecule has 0 radical (unpaired) electrons. The van der Waals surface area contributed by atoms with Gasteiger partial charge in [0.1, 0.15) is 5.82 Å². The molecule has 1 aromatic heterocycles. The lowest BCUT2D eigenvalue weighted by molar-refractivity contribution is -0.131. The van der Waals surface area contributed by atoms with E-state index >= 15 is 0 Å². The number of carbonyl (C=O) groups excluding carboxylic acids is 1. The van der Waals surface area contributed by atoms with Crippen LogP contribution >= 0.6 is 11.8 Å². The average Bonchev–Trinajstić information content (AvgIpc) is 3.40. The van der Waals surface area contributed by atoms with Gasteiger partial charge >= 0.3 is 0 Å². The van der Waals surface area contributed by atoms with Crippen molar-refractivity contribution in [3.05, 3.63) is 41.7 Å². The summed E-state index contributed by atoms with van der Waals surface area (Å²) in [7, 11) is 0. The van der Waals surface area contributed by atoms with Crippen LogP contribution in [0.4, 0.5) is 0 Å². The van der Waals surface area contributed by atoms with Crippen molar-refractivity contribution in [1.82, 2.24) is 24.6 Å². The maximum Gasteiger partial charge on any atom is 0.235 e. The lowest BCUT2D eigenvalue weighted by Crippen LogP contribution is -2.41. The number of carbonyl (C=O) groups is 1. The van der Waals surface area contributed by atoms with Gasteiger partial charge in [-0.15, -0.1) is 10.2 Å². The van der Waals surface area contributed by atoms with E-state index in [-0.39, 0.29) is 11.2 Å². The lowest BCUT2D eigenvalue weighted by Gasteiger charge is -2.32. The number of rotatable bonds is 7. The number of aromatic nitrogens is 3. The van der Waals surface area contributed by atoms with Crippen molar-refractivity contribution in [2.75, 3.05) is 26.2 Å². The standard InChI is InChI=1S/C23H33N5OS/c1-18-10-14-27(15-11-18)22(29)19(2)30-23-25-24-21(17-26-12-6-7-13-26)28(23)16-20-8-4-3-5-9-20/h3-5,8-9,18-19H,6-7,10-17H2,1-2H3. The minimum atomic E-state index is -0.156. The Morgan fingerprint density at radius 3 is 2.47 bits per heavy atom. The summed E-state index contributed by atoms with van der Waals surface area (Å²) in [5.74, 6) is 1.94. The van der Waals surface area contributed by atoms with Crippen LogP contribution in [0.15, 0.2) is 35.5 Å². The Labute approximate surface area is 184 Å². The average molecular weight is 428 g/mol. The zero-order chi connectivity index (χ0) is 20.9. The first-order chi connectivity index (χ1) is 14.6. The van der Waals surface area contributed by atoms with Crippen LogP contribution < -0.4 is 0 Å². The molecule has 2 aromatic rings. The summed E-state index contributed by atoms with van der Waals surface area (Å²) < 4.78 is 2.21. The molecule has 162 valence electrons. The fourth-order valence-electron chi connectivity index (χ4n) is 4.28. The van der Waals surface area contributed by atoms with E-state index in [1.165, 1.54) is 18.4 Å². The van der Waals surface area contributed by atoms with Crippen molar-refractivity contribution in [2.45, 2.75) is 63.0 Å². The number of nitrogens with zero attached hydrogens (tertiary/aromatic N) is 5. The second-order valence-corrected chi connectivity index (χ2v) is 10.0. The van der Waals surface area contributed by atoms with Crippen molar-refractivity contribution in [2.24, 2.45) is 5.92 Å². The monoisotopic (exact) mass is 427 g/mol. The maximum atomic E-state index is 13.0. The molecule has 0 saturated carbocycles. The third kappa shape index (κ3) is 5.24. The maximum absolute atomic E-state index is 13.0. The Balaban J connectivity index is 1.49. The van der Waals surface area contributed by atoms with E-state index in [9.17, 15) is 4.79 Å². The Bertz CT molecular complexity index is 825. The van der Waals surface area contributed by atoms with E-state index in [1.807, 2.05) is 17.9 Å². The molecular weight excluding hydrogens is 394 g/mol. The van der Waals surface area contributed by atoms with Gasteiger partial charge in [-0.1, -0.05) is 49.0 Å². The van der Waals surface area contributed by atoms with E-state index in [0.29, 0.717) is 0 Å². The SMILES string of the molecule is CC1CCN(C(=O)C(C)Sc2nnc(CN3CCCC3)n2Cc2ccccc2)CC1. The molecule has 0 bridgehead atoms. The van der Waals surface area contributed by atoms with Crippen molar-refractivity contribution >= 4 is 17.7 Å². The van der Waals surface area contributed by atoms with Crippen LogP contribution in [0.2, 0.25) is 0 Å². The highest BCUT2D eigenvalue weighted by atomic mass is 32.2. The van der Waals surface area contributed by atoms with Crippen LogP contribution in [0.3, 0.4) is 0 Å². The number of thioether (sulfide) groups is 1. The molecule has 0 spiro atoms. The van der Waals surface area contributed by atoms with Crippen LogP contribution in [0.25, 0.3) is 0 Å². The fraction of sp³-hybridized carbons (Fsp3) is 0.609. The number of hydrogen-bond donors (Lipinski definition) is 0. The van der Waals surface area contributed by atoms with Gasteiger partial charge < -0.3 is 9.47 Å². The zero-order valence-corrected chi connectivity index (χ0v) is 19.0. The smallest absolute Gasteiger partial charge is 0.235 e. The van der Waals surface area contributed by atoms with E-state index in [4.69, 9.17) is 0 Å². The van der Waals surface area contributed by atoms with Gasteiger partial charge in [0, 0.05) is 13.1 Å². The van der Waals surface area contributed by atoms with E-state index in [2.05, 4.69) is 50.9 Å². The van der Waals surface area contributed by atoms with Crippen molar-refractivity contribution in [3.63, 3.8) is 0 Å². The third-order valence-corrected chi connectivity index (χ3v) is 7.33. The molecule has 7 heteroatoms. The minimum absolute atomic E-state index is 0.156. The van der Waals surface area contributed by atoms with Crippen LogP contribution in [0.5, 0.6) is 0 Å². The molecule has 2 aliphatic rings. The quantitative estimate of drug-likeness (QED) is 0.631. The number of piperidine rings is 1.